The molecule has 0 aliphatic carbocycles. The molecule has 0 atom stereocenters. The Hall–Kier alpha value is -3.10. The van der Waals surface area contributed by atoms with Gasteiger partial charge in [0.25, 0.3) is 5.91 Å². The van der Waals surface area contributed by atoms with E-state index in [0.717, 1.165) is 22.6 Å². The standard InChI is InChI=1S/C22H22Cl2N6O2/c1-12-9-19(27-29(12)10-16-7-5-6-8-18(16)23)25-22(31)21-17(15(4)32-28-21)11-30-14(3)20(24)13(2)26-30/h5-9H,10-11H2,1-4H3,(H,25,27,31). The number of hydrogen-bond donors (Lipinski definition) is 1. The molecule has 0 saturated carbocycles. The minimum atomic E-state index is -0.410. The first-order valence-corrected chi connectivity index (χ1v) is 10.7. The summed E-state index contributed by atoms with van der Waals surface area (Å²) in [6.07, 6.45) is 0. The first-order valence-electron chi connectivity index (χ1n) is 9.98. The Bertz CT molecular complexity index is 1300. The van der Waals surface area contributed by atoms with Crippen LogP contribution in [0.3, 0.4) is 0 Å². The molecule has 3 aromatic heterocycles. The molecular weight excluding hydrogens is 451 g/mol. The number of carbonyl (C=O) groups is 1. The Morgan fingerprint density at radius 1 is 1.06 bits per heavy atom. The minimum Gasteiger partial charge on any atom is -0.361 e. The first-order chi connectivity index (χ1) is 15.2. The molecule has 10 heteroatoms. The molecule has 0 aliphatic heterocycles. The fourth-order valence-electron chi connectivity index (χ4n) is 3.43. The molecule has 1 aromatic carbocycles. The molecule has 3 heterocycles. The topological polar surface area (TPSA) is 90.8 Å². The van der Waals surface area contributed by atoms with Gasteiger partial charge in [0.05, 0.1) is 29.5 Å². The second-order valence-corrected chi connectivity index (χ2v) is 8.37. The molecule has 8 nitrogen and oxygen atoms in total. The maximum absolute atomic E-state index is 13.0. The minimum absolute atomic E-state index is 0.185. The number of benzene rings is 1. The maximum Gasteiger partial charge on any atom is 0.279 e. The number of carbonyl (C=O) groups excluding carboxylic acids is 1. The highest BCUT2D eigenvalue weighted by molar-refractivity contribution is 6.32. The van der Waals surface area contributed by atoms with Crippen molar-refractivity contribution in [2.45, 2.75) is 40.8 Å². The summed E-state index contributed by atoms with van der Waals surface area (Å²) in [5.74, 6) is 0.548. The number of anilines is 1. The Morgan fingerprint density at radius 2 is 1.81 bits per heavy atom. The van der Waals surface area contributed by atoms with Crippen LogP contribution in [0.5, 0.6) is 0 Å². The molecule has 1 N–H and O–H groups in total. The highest BCUT2D eigenvalue weighted by Gasteiger charge is 2.23. The van der Waals surface area contributed by atoms with Gasteiger partial charge in [0.15, 0.2) is 11.5 Å². The highest BCUT2D eigenvalue weighted by Crippen LogP contribution is 2.23. The fraction of sp³-hybridized carbons (Fsp3) is 0.273. The second-order valence-electron chi connectivity index (χ2n) is 7.58. The van der Waals surface area contributed by atoms with Crippen LogP contribution in [0, 0.1) is 27.7 Å². The zero-order valence-electron chi connectivity index (χ0n) is 18.1. The zero-order chi connectivity index (χ0) is 23.0. The number of amides is 1. The molecule has 0 radical (unpaired) electrons. The molecular formula is C22H22Cl2N6O2. The summed E-state index contributed by atoms with van der Waals surface area (Å²) >= 11 is 12.5. The SMILES string of the molecule is Cc1nn(Cc2c(C(=O)Nc3cc(C)n(Cc4ccccc4Cl)n3)noc2C)c(C)c1Cl. The molecule has 4 aromatic rings. The van der Waals surface area contributed by atoms with Gasteiger partial charge in [0, 0.05) is 22.3 Å². The van der Waals surface area contributed by atoms with E-state index in [1.165, 1.54) is 0 Å². The lowest BCUT2D eigenvalue weighted by atomic mass is 10.2. The van der Waals surface area contributed by atoms with Gasteiger partial charge in [-0.2, -0.15) is 10.2 Å². The monoisotopic (exact) mass is 472 g/mol. The second kappa shape index (κ2) is 8.80. The summed E-state index contributed by atoms with van der Waals surface area (Å²) in [6, 6.07) is 9.38. The number of aryl methyl sites for hydroxylation is 3. The molecule has 166 valence electrons. The average Bonchev–Trinajstić information content (AvgIpc) is 3.36. The lowest BCUT2D eigenvalue weighted by molar-refractivity contribution is 0.101. The number of nitrogens with zero attached hydrogens (tertiary/aromatic N) is 5. The summed E-state index contributed by atoms with van der Waals surface area (Å²) in [7, 11) is 0. The van der Waals surface area contributed by atoms with E-state index in [1.54, 1.807) is 22.4 Å². The molecule has 0 fully saturated rings. The first kappa shape index (κ1) is 22.1. The lowest BCUT2D eigenvalue weighted by Gasteiger charge is -2.07. The third-order valence-corrected chi connectivity index (χ3v) is 6.22. The van der Waals surface area contributed by atoms with E-state index >= 15 is 0 Å². The Balaban J connectivity index is 1.54. The number of halogens is 2. The van der Waals surface area contributed by atoms with Crippen LogP contribution in [0.2, 0.25) is 10.0 Å². The number of hydrogen-bond acceptors (Lipinski definition) is 5. The molecule has 0 aliphatic rings. The van der Waals surface area contributed by atoms with E-state index in [4.69, 9.17) is 27.7 Å². The van der Waals surface area contributed by atoms with Crippen LogP contribution in [0.1, 0.15) is 44.5 Å². The van der Waals surface area contributed by atoms with Crippen molar-refractivity contribution in [1.29, 1.82) is 0 Å². The van der Waals surface area contributed by atoms with Crippen molar-refractivity contribution < 1.29 is 9.32 Å². The van der Waals surface area contributed by atoms with Gasteiger partial charge < -0.3 is 9.84 Å². The van der Waals surface area contributed by atoms with Gasteiger partial charge >= 0.3 is 0 Å². The summed E-state index contributed by atoms with van der Waals surface area (Å²) in [5.41, 5.74) is 4.18. The lowest BCUT2D eigenvalue weighted by Crippen LogP contribution is -2.17. The normalized spacial score (nSPS) is 11.2. The molecule has 32 heavy (non-hydrogen) atoms. The molecule has 0 bridgehead atoms. The van der Waals surface area contributed by atoms with Crippen LogP contribution in [0.15, 0.2) is 34.9 Å². The van der Waals surface area contributed by atoms with Crippen molar-refractivity contribution in [3.8, 4) is 0 Å². The van der Waals surface area contributed by atoms with Crippen molar-refractivity contribution in [2.24, 2.45) is 0 Å². The van der Waals surface area contributed by atoms with Crippen molar-refractivity contribution >= 4 is 34.9 Å². The zero-order valence-corrected chi connectivity index (χ0v) is 19.6. The fourth-order valence-corrected chi connectivity index (χ4v) is 3.76. The van der Waals surface area contributed by atoms with E-state index in [2.05, 4.69) is 20.7 Å². The van der Waals surface area contributed by atoms with Crippen LogP contribution in [0.4, 0.5) is 5.82 Å². The van der Waals surface area contributed by atoms with Gasteiger partial charge in [0.1, 0.15) is 5.76 Å². The van der Waals surface area contributed by atoms with Gasteiger partial charge in [0.2, 0.25) is 0 Å². The van der Waals surface area contributed by atoms with Crippen LogP contribution in [-0.2, 0) is 13.1 Å². The van der Waals surface area contributed by atoms with Gasteiger partial charge in [-0.05, 0) is 39.3 Å². The van der Waals surface area contributed by atoms with Crippen molar-refractivity contribution in [2.75, 3.05) is 5.32 Å². The molecule has 1 amide bonds. The third-order valence-electron chi connectivity index (χ3n) is 5.30. The van der Waals surface area contributed by atoms with E-state index in [0.29, 0.717) is 40.3 Å². The van der Waals surface area contributed by atoms with Gasteiger partial charge in [-0.15, -0.1) is 0 Å². The predicted octanol–water partition coefficient (Wildman–Crippen LogP) is 4.96. The van der Waals surface area contributed by atoms with Gasteiger partial charge in [-0.25, -0.2) is 0 Å². The smallest absolute Gasteiger partial charge is 0.279 e. The average molecular weight is 473 g/mol. The van der Waals surface area contributed by atoms with Crippen molar-refractivity contribution in [1.82, 2.24) is 24.7 Å². The quantitative estimate of drug-likeness (QED) is 0.428. The number of nitrogens with one attached hydrogen (secondary N) is 1. The molecule has 0 unspecified atom stereocenters. The summed E-state index contributed by atoms with van der Waals surface area (Å²) in [6.45, 7) is 8.19. The maximum atomic E-state index is 13.0. The van der Waals surface area contributed by atoms with Crippen LogP contribution < -0.4 is 5.32 Å². The largest absolute Gasteiger partial charge is 0.361 e. The van der Waals surface area contributed by atoms with E-state index < -0.39 is 5.91 Å². The van der Waals surface area contributed by atoms with Crippen LogP contribution in [0.25, 0.3) is 0 Å². The van der Waals surface area contributed by atoms with E-state index in [-0.39, 0.29) is 5.69 Å². The predicted molar refractivity (Wildman–Crippen MR) is 123 cm³/mol. The molecule has 4 rings (SSSR count). The van der Waals surface area contributed by atoms with Crippen LogP contribution >= 0.6 is 23.2 Å². The van der Waals surface area contributed by atoms with Crippen molar-refractivity contribution in [3.05, 3.63) is 80.0 Å². The molecule has 0 saturated heterocycles. The number of rotatable bonds is 6. The Morgan fingerprint density at radius 3 is 2.50 bits per heavy atom. The summed E-state index contributed by atoms with van der Waals surface area (Å²) < 4.78 is 8.81. The number of aromatic nitrogens is 5. The van der Waals surface area contributed by atoms with Crippen LogP contribution in [-0.4, -0.2) is 30.6 Å². The van der Waals surface area contributed by atoms with Gasteiger partial charge in [-0.3, -0.25) is 14.2 Å². The Labute approximate surface area is 195 Å². The van der Waals surface area contributed by atoms with E-state index in [9.17, 15) is 4.79 Å². The third kappa shape index (κ3) is 4.28. The van der Waals surface area contributed by atoms with Gasteiger partial charge in [-0.1, -0.05) is 46.6 Å². The highest BCUT2D eigenvalue weighted by atomic mass is 35.5. The Kier molecular flexibility index (Phi) is 6.08. The van der Waals surface area contributed by atoms with Crippen molar-refractivity contribution in [3.63, 3.8) is 0 Å². The summed E-state index contributed by atoms with van der Waals surface area (Å²) in [5, 5.41) is 17.0. The molecule has 0 spiro atoms. The summed E-state index contributed by atoms with van der Waals surface area (Å²) in [4.78, 5) is 13.0. The van der Waals surface area contributed by atoms with E-state index in [1.807, 2.05) is 45.0 Å².